The second-order valence-electron chi connectivity index (χ2n) is 4.39. The highest BCUT2D eigenvalue weighted by Gasteiger charge is 2.08. The first kappa shape index (κ1) is 11.5. The largest absolute Gasteiger partial charge is 0.399 e. The number of nitrogens with zero attached hydrogens (tertiary/aromatic N) is 5. The van der Waals surface area contributed by atoms with Gasteiger partial charge in [-0.05, 0) is 12.1 Å². The first-order valence-corrected chi connectivity index (χ1v) is 5.94. The standard InChI is InChI=1S/C13H14N6/c1-18-8-12(16-17-18)9-19-6-5-15-13(19)10-3-2-4-11(14)7-10/h2-8H,9,14H2,1H3. The zero-order valence-corrected chi connectivity index (χ0v) is 10.6. The van der Waals surface area contributed by atoms with Crippen molar-refractivity contribution in [3.8, 4) is 11.4 Å². The van der Waals surface area contributed by atoms with Gasteiger partial charge in [0.25, 0.3) is 0 Å². The molecule has 0 aliphatic carbocycles. The lowest BCUT2D eigenvalue weighted by molar-refractivity contribution is 0.710. The molecule has 0 radical (unpaired) electrons. The summed E-state index contributed by atoms with van der Waals surface area (Å²) in [5.41, 5.74) is 8.42. The Labute approximate surface area is 110 Å². The van der Waals surface area contributed by atoms with Crippen LogP contribution in [0.15, 0.2) is 42.9 Å². The van der Waals surface area contributed by atoms with Gasteiger partial charge in [0, 0.05) is 36.9 Å². The SMILES string of the molecule is Cn1cc(Cn2ccnc2-c2cccc(N)c2)nn1. The summed E-state index contributed by atoms with van der Waals surface area (Å²) >= 11 is 0. The molecular weight excluding hydrogens is 240 g/mol. The molecule has 0 unspecified atom stereocenters. The maximum Gasteiger partial charge on any atom is 0.140 e. The Morgan fingerprint density at radius 1 is 1.32 bits per heavy atom. The Balaban J connectivity index is 1.94. The van der Waals surface area contributed by atoms with Crippen molar-refractivity contribution in [2.75, 3.05) is 5.73 Å². The molecule has 0 atom stereocenters. The number of imidazole rings is 1. The predicted octanol–water partition coefficient (Wildman–Crippen LogP) is 1.31. The summed E-state index contributed by atoms with van der Waals surface area (Å²) in [6.45, 7) is 0.637. The number of anilines is 1. The molecular formula is C13H14N6. The van der Waals surface area contributed by atoms with Crippen molar-refractivity contribution < 1.29 is 0 Å². The van der Waals surface area contributed by atoms with Gasteiger partial charge in [-0.25, -0.2) is 4.98 Å². The van der Waals surface area contributed by atoms with Crippen LogP contribution in [0, 0.1) is 0 Å². The number of aromatic nitrogens is 5. The smallest absolute Gasteiger partial charge is 0.140 e. The molecule has 0 fully saturated rings. The van der Waals surface area contributed by atoms with E-state index in [9.17, 15) is 0 Å². The molecule has 2 aromatic heterocycles. The molecule has 0 bridgehead atoms. The number of hydrogen-bond donors (Lipinski definition) is 1. The average molecular weight is 254 g/mol. The van der Waals surface area contributed by atoms with Crippen molar-refractivity contribution in [2.24, 2.45) is 7.05 Å². The summed E-state index contributed by atoms with van der Waals surface area (Å²) in [5, 5.41) is 8.01. The van der Waals surface area contributed by atoms with E-state index in [4.69, 9.17) is 5.73 Å². The third-order valence-electron chi connectivity index (χ3n) is 2.84. The minimum Gasteiger partial charge on any atom is -0.399 e. The highest BCUT2D eigenvalue weighted by atomic mass is 15.4. The minimum absolute atomic E-state index is 0.637. The molecule has 2 heterocycles. The maximum atomic E-state index is 5.81. The highest BCUT2D eigenvalue weighted by molar-refractivity contribution is 5.61. The van der Waals surface area contributed by atoms with Crippen LogP contribution < -0.4 is 5.73 Å². The second kappa shape index (κ2) is 4.56. The number of aryl methyl sites for hydroxylation is 1. The van der Waals surface area contributed by atoms with Crippen molar-refractivity contribution in [3.63, 3.8) is 0 Å². The van der Waals surface area contributed by atoms with E-state index in [-0.39, 0.29) is 0 Å². The van der Waals surface area contributed by atoms with E-state index in [2.05, 4.69) is 15.3 Å². The van der Waals surface area contributed by atoms with Gasteiger partial charge in [-0.1, -0.05) is 17.3 Å². The number of nitrogens with two attached hydrogens (primary N) is 1. The predicted molar refractivity (Wildman–Crippen MR) is 72.2 cm³/mol. The fourth-order valence-corrected chi connectivity index (χ4v) is 2.02. The maximum absolute atomic E-state index is 5.81. The zero-order valence-electron chi connectivity index (χ0n) is 10.6. The van der Waals surface area contributed by atoms with E-state index in [1.807, 2.05) is 48.3 Å². The van der Waals surface area contributed by atoms with Crippen molar-refractivity contribution in [1.82, 2.24) is 24.5 Å². The van der Waals surface area contributed by atoms with E-state index in [0.717, 1.165) is 22.8 Å². The van der Waals surface area contributed by atoms with Crippen LogP contribution in [0.25, 0.3) is 11.4 Å². The fraction of sp³-hybridized carbons (Fsp3) is 0.154. The number of hydrogen-bond acceptors (Lipinski definition) is 4. The van der Waals surface area contributed by atoms with Gasteiger partial charge in [0.2, 0.25) is 0 Å². The summed E-state index contributed by atoms with van der Waals surface area (Å²) < 4.78 is 3.71. The van der Waals surface area contributed by atoms with Gasteiger partial charge in [-0.2, -0.15) is 0 Å². The van der Waals surface area contributed by atoms with E-state index in [1.165, 1.54) is 0 Å². The van der Waals surface area contributed by atoms with Crippen molar-refractivity contribution >= 4 is 5.69 Å². The molecule has 3 aromatic rings. The number of benzene rings is 1. The van der Waals surface area contributed by atoms with Crippen LogP contribution in [-0.2, 0) is 13.6 Å². The van der Waals surface area contributed by atoms with Crippen LogP contribution in [0.4, 0.5) is 5.69 Å². The molecule has 19 heavy (non-hydrogen) atoms. The Kier molecular flexibility index (Phi) is 2.75. The van der Waals surface area contributed by atoms with Gasteiger partial charge >= 0.3 is 0 Å². The highest BCUT2D eigenvalue weighted by Crippen LogP contribution is 2.20. The van der Waals surface area contributed by atoms with Crippen LogP contribution in [0.2, 0.25) is 0 Å². The van der Waals surface area contributed by atoms with Gasteiger partial charge in [0.1, 0.15) is 11.5 Å². The lowest BCUT2D eigenvalue weighted by Gasteiger charge is -2.06. The molecule has 6 nitrogen and oxygen atoms in total. The third-order valence-corrected chi connectivity index (χ3v) is 2.84. The van der Waals surface area contributed by atoms with Crippen LogP contribution in [-0.4, -0.2) is 24.5 Å². The van der Waals surface area contributed by atoms with E-state index < -0.39 is 0 Å². The molecule has 96 valence electrons. The second-order valence-corrected chi connectivity index (χ2v) is 4.39. The zero-order chi connectivity index (χ0) is 13.2. The summed E-state index contributed by atoms with van der Waals surface area (Å²) in [5.74, 6) is 0.873. The molecule has 0 aliphatic heterocycles. The Morgan fingerprint density at radius 3 is 2.95 bits per heavy atom. The minimum atomic E-state index is 0.637. The molecule has 0 saturated carbocycles. The van der Waals surface area contributed by atoms with Crippen molar-refractivity contribution in [3.05, 3.63) is 48.5 Å². The van der Waals surface area contributed by atoms with Gasteiger partial charge < -0.3 is 10.3 Å². The van der Waals surface area contributed by atoms with Crippen molar-refractivity contribution in [1.29, 1.82) is 0 Å². The van der Waals surface area contributed by atoms with Crippen LogP contribution >= 0.6 is 0 Å². The summed E-state index contributed by atoms with van der Waals surface area (Å²) in [4.78, 5) is 4.38. The lowest BCUT2D eigenvalue weighted by Crippen LogP contribution is -2.01. The third kappa shape index (κ3) is 2.33. The average Bonchev–Trinajstić information content (AvgIpc) is 2.99. The monoisotopic (exact) mass is 254 g/mol. The van der Waals surface area contributed by atoms with Gasteiger partial charge in [-0.15, -0.1) is 5.10 Å². The molecule has 0 amide bonds. The molecule has 3 rings (SSSR count). The van der Waals surface area contributed by atoms with Gasteiger partial charge in [0.05, 0.1) is 6.54 Å². The Bertz CT molecular complexity index is 696. The summed E-state index contributed by atoms with van der Waals surface area (Å²) in [6.07, 6.45) is 5.59. The normalized spacial score (nSPS) is 10.8. The summed E-state index contributed by atoms with van der Waals surface area (Å²) in [6, 6.07) is 7.69. The molecule has 2 N–H and O–H groups in total. The van der Waals surface area contributed by atoms with Gasteiger partial charge in [-0.3, -0.25) is 4.68 Å². The Morgan fingerprint density at radius 2 is 2.21 bits per heavy atom. The summed E-state index contributed by atoms with van der Waals surface area (Å²) in [7, 11) is 1.85. The van der Waals surface area contributed by atoms with Crippen LogP contribution in [0.5, 0.6) is 0 Å². The van der Waals surface area contributed by atoms with Crippen LogP contribution in [0.1, 0.15) is 5.69 Å². The lowest BCUT2D eigenvalue weighted by atomic mass is 10.2. The van der Waals surface area contributed by atoms with E-state index in [0.29, 0.717) is 6.54 Å². The molecule has 6 heteroatoms. The van der Waals surface area contributed by atoms with Crippen molar-refractivity contribution in [2.45, 2.75) is 6.54 Å². The quantitative estimate of drug-likeness (QED) is 0.715. The van der Waals surface area contributed by atoms with Gasteiger partial charge in [0.15, 0.2) is 0 Å². The van der Waals surface area contributed by atoms with E-state index in [1.54, 1.807) is 10.9 Å². The molecule has 1 aromatic carbocycles. The number of nitrogen functional groups attached to an aromatic ring is 1. The first-order chi connectivity index (χ1) is 9.22. The molecule has 0 aliphatic rings. The van der Waals surface area contributed by atoms with E-state index >= 15 is 0 Å². The molecule has 0 saturated heterocycles. The first-order valence-electron chi connectivity index (χ1n) is 5.94. The number of rotatable bonds is 3. The molecule has 0 spiro atoms. The topological polar surface area (TPSA) is 74.5 Å². The van der Waals surface area contributed by atoms with Crippen LogP contribution in [0.3, 0.4) is 0 Å². The fourth-order valence-electron chi connectivity index (χ4n) is 2.02. The Hall–Kier alpha value is -2.63.